The standard InChI is InChI=1S/C24H29FN4O4/c1-31-13-10-28(11-14-32-2)12-15-33-21-5-3-4-18(16-21)23(30)22-17-27-29(24(22)26)20-8-6-19(25)7-9-20/h3-9,16-17H,10-15,26H2,1-2H3. The lowest BCUT2D eigenvalue weighted by molar-refractivity contribution is 0.103. The van der Waals surface area contributed by atoms with Crippen molar-refractivity contribution in [2.75, 3.05) is 59.4 Å². The summed E-state index contributed by atoms with van der Waals surface area (Å²) in [5.41, 5.74) is 7.44. The van der Waals surface area contributed by atoms with Crippen LogP contribution in [0.3, 0.4) is 0 Å². The highest BCUT2D eigenvalue weighted by molar-refractivity contribution is 6.11. The molecule has 0 aliphatic rings. The molecule has 9 heteroatoms. The van der Waals surface area contributed by atoms with Crippen LogP contribution in [0.5, 0.6) is 5.75 Å². The smallest absolute Gasteiger partial charge is 0.198 e. The molecule has 0 fully saturated rings. The van der Waals surface area contributed by atoms with Crippen molar-refractivity contribution < 1.29 is 23.4 Å². The molecule has 176 valence electrons. The van der Waals surface area contributed by atoms with E-state index in [1.54, 1.807) is 50.6 Å². The highest BCUT2D eigenvalue weighted by Gasteiger charge is 2.18. The second kappa shape index (κ2) is 12.1. The van der Waals surface area contributed by atoms with Gasteiger partial charge in [0.15, 0.2) is 5.78 Å². The number of hydrogen-bond acceptors (Lipinski definition) is 7. The average Bonchev–Trinajstić information content (AvgIpc) is 3.21. The number of hydrogen-bond donors (Lipinski definition) is 1. The Morgan fingerprint density at radius 3 is 2.36 bits per heavy atom. The van der Waals surface area contributed by atoms with Gasteiger partial charge < -0.3 is 19.9 Å². The van der Waals surface area contributed by atoms with Crippen LogP contribution < -0.4 is 10.5 Å². The molecule has 33 heavy (non-hydrogen) atoms. The summed E-state index contributed by atoms with van der Waals surface area (Å²) in [6.07, 6.45) is 1.41. The van der Waals surface area contributed by atoms with Crippen LogP contribution in [0.25, 0.3) is 5.69 Å². The average molecular weight is 457 g/mol. The zero-order valence-corrected chi connectivity index (χ0v) is 18.9. The molecule has 2 aromatic carbocycles. The van der Waals surface area contributed by atoms with Crippen LogP contribution in [-0.2, 0) is 9.47 Å². The van der Waals surface area contributed by atoms with Crippen molar-refractivity contribution in [1.82, 2.24) is 14.7 Å². The normalized spacial score (nSPS) is 11.2. The Morgan fingerprint density at radius 2 is 1.70 bits per heavy atom. The van der Waals surface area contributed by atoms with Gasteiger partial charge in [-0.2, -0.15) is 5.10 Å². The van der Waals surface area contributed by atoms with Gasteiger partial charge in [-0.3, -0.25) is 9.69 Å². The highest BCUT2D eigenvalue weighted by atomic mass is 19.1. The van der Waals surface area contributed by atoms with E-state index in [-0.39, 0.29) is 23.0 Å². The predicted molar refractivity (Wildman–Crippen MR) is 123 cm³/mol. The van der Waals surface area contributed by atoms with Crippen molar-refractivity contribution in [3.8, 4) is 11.4 Å². The van der Waals surface area contributed by atoms with Crippen LogP contribution in [0, 0.1) is 5.82 Å². The number of benzene rings is 2. The van der Waals surface area contributed by atoms with Crippen LogP contribution >= 0.6 is 0 Å². The predicted octanol–water partition coefficient (Wildman–Crippen LogP) is 2.80. The van der Waals surface area contributed by atoms with Gasteiger partial charge in [0.25, 0.3) is 0 Å². The SMILES string of the molecule is COCCN(CCOC)CCOc1cccc(C(=O)c2cnn(-c3ccc(F)cc3)c2N)c1. The van der Waals surface area contributed by atoms with E-state index in [9.17, 15) is 9.18 Å². The van der Waals surface area contributed by atoms with Gasteiger partial charge in [-0.05, 0) is 36.4 Å². The number of carbonyl (C=O) groups is 1. The number of halogens is 1. The summed E-state index contributed by atoms with van der Waals surface area (Å²) < 4.78 is 30.8. The van der Waals surface area contributed by atoms with Gasteiger partial charge in [-0.25, -0.2) is 9.07 Å². The van der Waals surface area contributed by atoms with Gasteiger partial charge in [0.2, 0.25) is 0 Å². The molecule has 0 spiro atoms. The van der Waals surface area contributed by atoms with E-state index in [1.807, 2.05) is 0 Å². The second-order valence-electron chi connectivity index (χ2n) is 7.36. The Kier molecular flexibility index (Phi) is 8.94. The minimum atomic E-state index is -0.363. The number of methoxy groups -OCH3 is 2. The third-order valence-corrected chi connectivity index (χ3v) is 5.12. The van der Waals surface area contributed by atoms with Gasteiger partial charge in [0.05, 0.1) is 30.7 Å². The molecule has 0 saturated heterocycles. The molecule has 0 aliphatic heterocycles. The third kappa shape index (κ3) is 6.61. The monoisotopic (exact) mass is 456 g/mol. The number of nitrogens with zero attached hydrogens (tertiary/aromatic N) is 3. The first-order valence-electron chi connectivity index (χ1n) is 10.6. The summed E-state index contributed by atoms with van der Waals surface area (Å²) in [6.45, 7) is 3.96. The number of anilines is 1. The molecule has 2 N–H and O–H groups in total. The molecule has 0 radical (unpaired) electrons. The summed E-state index contributed by atoms with van der Waals surface area (Å²) >= 11 is 0. The van der Waals surface area contributed by atoms with Gasteiger partial charge >= 0.3 is 0 Å². The largest absolute Gasteiger partial charge is 0.492 e. The molecule has 1 aromatic heterocycles. The molecule has 0 unspecified atom stereocenters. The van der Waals surface area contributed by atoms with Crippen LogP contribution in [0.2, 0.25) is 0 Å². The quantitative estimate of drug-likeness (QED) is 0.396. The molecular weight excluding hydrogens is 427 g/mol. The minimum Gasteiger partial charge on any atom is -0.492 e. The minimum absolute atomic E-state index is 0.185. The summed E-state index contributed by atoms with van der Waals surface area (Å²) in [6, 6.07) is 12.7. The third-order valence-electron chi connectivity index (χ3n) is 5.12. The zero-order chi connectivity index (χ0) is 23.6. The van der Waals surface area contributed by atoms with E-state index in [2.05, 4.69) is 10.00 Å². The molecule has 0 amide bonds. The number of nitrogen functional groups attached to an aromatic ring is 1. The maximum absolute atomic E-state index is 13.2. The maximum atomic E-state index is 13.2. The second-order valence-corrected chi connectivity index (χ2v) is 7.36. The fraction of sp³-hybridized carbons (Fsp3) is 0.333. The first kappa shape index (κ1) is 24.4. The lowest BCUT2D eigenvalue weighted by atomic mass is 10.1. The zero-order valence-electron chi connectivity index (χ0n) is 18.9. The van der Waals surface area contributed by atoms with Gasteiger partial charge in [0.1, 0.15) is 24.0 Å². The number of rotatable bonds is 13. The van der Waals surface area contributed by atoms with Crippen LogP contribution in [-0.4, -0.2) is 74.1 Å². The van der Waals surface area contributed by atoms with Gasteiger partial charge in [0, 0.05) is 39.4 Å². The van der Waals surface area contributed by atoms with E-state index >= 15 is 0 Å². The van der Waals surface area contributed by atoms with Crippen molar-refractivity contribution in [3.63, 3.8) is 0 Å². The summed E-state index contributed by atoms with van der Waals surface area (Å²) in [5, 5.41) is 4.19. The number of aromatic nitrogens is 2. The summed E-state index contributed by atoms with van der Waals surface area (Å²) in [4.78, 5) is 15.2. The van der Waals surface area contributed by atoms with E-state index < -0.39 is 0 Å². The van der Waals surface area contributed by atoms with E-state index in [0.29, 0.717) is 43.4 Å². The van der Waals surface area contributed by atoms with Gasteiger partial charge in [-0.15, -0.1) is 0 Å². The van der Waals surface area contributed by atoms with Crippen molar-refractivity contribution >= 4 is 11.6 Å². The van der Waals surface area contributed by atoms with E-state index in [1.165, 1.54) is 23.0 Å². The molecule has 8 nitrogen and oxygen atoms in total. The number of carbonyl (C=O) groups excluding carboxylic acids is 1. The molecule has 1 heterocycles. The maximum Gasteiger partial charge on any atom is 0.198 e. The Bertz CT molecular complexity index is 1030. The Balaban J connectivity index is 1.65. The topological polar surface area (TPSA) is 91.8 Å². The number of nitrogens with two attached hydrogens (primary N) is 1. The molecule has 3 rings (SSSR count). The first-order valence-corrected chi connectivity index (χ1v) is 10.6. The Morgan fingerprint density at radius 1 is 1.03 bits per heavy atom. The van der Waals surface area contributed by atoms with E-state index in [4.69, 9.17) is 19.9 Å². The van der Waals surface area contributed by atoms with Crippen LogP contribution in [0.4, 0.5) is 10.2 Å². The first-order chi connectivity index (χ1) is 16.0. The summed E-state index contributed by atoms with van der Waals surface area (Å²) in [5.74, 6) is 0.139. The van der Waals surface area contributed by atoms with Crippen LogP contribution in [0.1, 0.15) is 15.9 Å². The van der Waals surface area contributed by atoms with Crippen molar-refractivity contribution in [2.24, 2.45) is 0 Å². The molecule has 0 bridgehead atoms. The lowest BCUT2D eigenvalue weighted by Crippen LogP contribution is -2.34. The van der Waals surface area contributed by atoms with Gasteiger partial charge in [-0.1, -0.05) is 12.1 Å². The van der Waals surface area contributed by atoms with Crippen molar-refractivity contribution in [1.29, 1.82) is 0 Å². The molecule has 3 aromatic rings. The molecular formula is C24H29FN4O4. The fourth-order valence-electron chi connectivity index (χ4n) is 3.27. The van der Waals surface area contributed by atoms with Crippen LogP contribution in [0.15, 0.2) is 54.7 Å². The number of ketones is 1. The highest BCUT2D eigenvalue weighted by Crippen LogP contribution is 2.22. The Labute approximate surface area is 192 Å². The molecule has 0 atom stereocenters. The van der Waals surface area contributed by atoms with Crippen molar-refractivity contribution in [2.45, 2.75) is 0 Å². The van der Waals surface area contributed by atoms with Crippen molar-refractivity contribution in [3.05, 3.63) is 71.7 Å². The number of ether oxygens (including phenoxy) is 3. The summed E-state index contributed by atoms with van der Waals surface area (Å²) in [7, 11) is 3.34. The van der Waals surface area contributed by atoms with E-state index in [0.717, 1.165) is 13.1 Å². The lowest BCUT2D eigenvalue weighted by Gasteiger charge is -2.21. The molecule has 0 saturated carbocycles. The Hall–Kier alpha value is -3.27. The fourth-order valence-corrected chi connectivity index (χ4v) is 3.27. The molecule has 0 aliphatic carbocycles.